The van der Waals surface area contributed by atoms with Gasteiger partial charge in [0.05, 0.1) is 24.0 Å². The van der Waals surface area contributed by atoms with Crippen molar-refractivity contribution in [1.82, 2.24) is 14.8 Å². The summed E-state index contributed by atoms with van der Waals surface area (Å²) in [6, 6.07) is 9.07. The van der Waals surface area contributed by atoms with Crippen LogP contribution in [-0.4, -0.2) is 57.3 Å². The standard InChI is InChI=1S/C24H15F2N5O3/c25-13-5-12(6-14(26)7-13)22(32)29-11-15-8-19(29)21-23(33)31(24(34)30(15)21)20-10-28-18(9-27)16-3-1-2-4-17(16)20/h1-7,10,15,19,21H,8,11H2/t15-,19?,21?/m1/s1. The van der Waals surface area contributed by atoms with Gasteiger partial charge >= 0.3 is 6.03 Å². The highest BCUT2D eigenvalue weighted by atomic mass is 19.1. The van der Waals surface area contributed by atoms with Gasteiger partial charge in [-0.1, -0.05) is 24.3 Å². The van der Waals surface area contributed by atoms with Crippen molar-refractivity contribution >= 4 is 34.3 Å². The first-order valence-corrected chi connectivity index (χ1v) is 10.6. The minimum Gasteiger partial charge on any atom is -0.331 e. The Morgan fingerprint density at radius 1 is 1.09 bits per heavy atom. The largest absolute Gasteiger partial charge is 0.332 e. The van der Waals surface area contributed by atoms with Crippen molar-refractivity contribution in [2.24, 2.45) is 0 Å². The number of amides is 4. The van der Waals surface area contributed by atoms with Gasteiger partial charge in [0.1, 0.15) is 29.4 Å². The van der Waals surface area contributed by atoms with E-state index >= 15 is 0 Å². The third kappa shape index (κ3) is 2.67. The molecule has 1 aromatic heterocycles. The molecule has 0 radical (unpaired) electrons. The maximum absolute atomic E-state index is 13.7. The average molecular weight is 459 g/mol. The van der Waals surface area contributed by atoms with Crippen molar-refractivity contribution in [3.63, 3.8) is 0 Å². The van der Waals surface area contributed by atoms with Crippen LogP contribution < -0.4 is 4.90 Å². The van der Waals surface area contributed by atoms with Gasteiger partial charge in [0.15, 0.2) is 0 Å². The quantitative estimate of drug-likeness (QED) is 0.549. The van der Waals surface area contributed by atoms with E-state index in [0.29, 0.717) is 23.3 Å². The highest BCUT2D eigenvalue weighted by Gasteiger charge is 2.63. The number of pyridine rings is 1. The third-order valence-corrected chi connectivity index (χ3v) is 6.76. The van der Waals surface area contributed by atoms with Crippen LogP contribution in [0.3, 0.4) is 0 Å². The normalized spacial score (nSPS) is 23.1. The number of rotatable bonds is 2. The number of halogens is 2. The number of piperazine rings is 1. The molecule has 0 N–H and O–H groups in total. The van der Waals surface area contributed by atoms with Gasteiger partial charge in [-0.05, 0) is 18.6 Å². The molecule has 0 spiro atoms. The number of nitriles is 1. The number of hydrogen-bond acceptors (Lipinski definition) is 5. The molecule has 8 nitrogen and oxygen atoms in total. The number of carbonyl (C=O) groups excluding carboxylic acids is 3. The minimum atomic E-state index is -0.900. The highest BCUT2D eigenvalue weighted by molar-refractivity contribution is 6.25. The van der Waals surface area contributed by atoms with E-state index in [0.717, 1.165) is 17.0 Å². The van der Waals surface area contributed by atoms with Gasteiger partial charge in [0.2, 0.25) is 0 Å². The number of fused-ring (bicyclic) bond motifs is 6. The molecule has 2 unspecified atom stereocenters. The lowest BCUT2D eigenvalue weighted by Gasteiger charge is -2.34. The summed E-state index contributed by atoms with van der Waals surface area (Å²) in [4.78, 5) is 48.0. The molecule has 2 aromatic carbocycles. The van der Waals surface area contributed by atoms with Crippen LogP contribution in [0.5, 0.6) is 0 Å². The Labute approximate surface area is 191 Å². The molecule has 6 rings (SSSR count). The van der Waals surface area contributed by atoms with Gasteiger partial charge in [-0.3, -0.25) is 9.59 Å². The minimum absolute atomic E-state index is 0.146. The van der Waals surface area contributed by atoms with Gasteiger partial charge in [0.25, 0.3) is 11.8 Å². The summed E-state index contributed by atoms with van der Waals surface area (Å²) < 4.78 is 27.3. The summed E-state index contributed by atoms with van der Waals surface area (Å²) >= 11 is 0. The molecule has 34 heavy (non-hydrogen) atoms. The molecular weight excluding hydrogens is 444 g/mol. The average Bonchev–Trinajstić information content (AvgIpc) is 3.49. The Balaban J connectivity index is 1.37. The van der Waals surface area contributed by atoms with E-state index in [9.17, 15) is 28.4 Å². The zero-order chi connectivity index (χ0) is 23.7. The zero-order valence-electron chi connectivity index (χ0n) is 17.5. The van der Waals surface area contributed by atoms with Crippen LogP contribution in [0.2, 0.25) is 0 Å². The number of imide groups is 1. The molecule has 4 heterocycles. The number of likely N-dealkylation sites (tertiary alicyclic amines) is 1. The molecule has 3 aliphatic heterocycles. The number of nitrogens with zero attached hydrogens (tertiary/aromatic N) is 5. The highest BCUT2D eigenvalue weighted by Crippen LogP contribution is 2.44. The summed E-state index contributed by atoms with van der Waals surface area (Å²) in [6.07, 6.45) is 1.74. The summed E-state index contributed by atoms with van der Waals surface area (Å²) in [5.74, 6) is -2.83. The van der Waals surface area contributed by atoms with E-state index < -0.39 is 47.6 Å². The summed E-state index contributed by atoms with van der Waals surface area (Å²) in [6.45, 7) is 0.164. The van der Waals surface area contributed by atoms with E-state index in [1.54, 1.807) is 24.3 Å². The Morgan fingerprint density at radius 3 is 2.50 bits per heavy atom. The van der Waals surface area contributed by atoms with Crippen molar-refractivity contribution < 1.29 is 23.2 Å². The van der Waals surface area contributed by atoms with Crippen LogP contribution in [0.1, 0.15) is 22.5 Å². The number of carbonyl (C=O) groups is 3. The first kappa shape index (κ1) is 20.2. The number of anilines is 1. The Bertz CT molecular complexity index is 1450. The van der Waals surface area contributed by atoms with Crippen LogP contribution in [0, 0.1) is 23.0 Å². The number of hydrogen-bond donors (Lipinski definition) is 0. The molecule has 10 heteroatoms. The lowest BCUT2D eigenvalue weighted by atomic mass is 10.1. The smallest absolute Gasteiger partial charge is 0.331 e. The maximum atomic E-state index is 13.7. The lowest BCUT2D eigenvalue weighted by Crippen LogP contribution is -2.54. The Kier molecular flexibility index (Phi) is 4.20. The molecule has 2 bridgehead atoms. The summed E-state index contributed by atoms with van der Waals surface area (Å²) in [7, 11) is 0. The molecule has 3 aromatic rings. The zero-order valence-corrected chi connectivity index (χ0v) is 17.5. The van der Waals surface area contributed by atoms with Crippen molar-refractivity contribution in [3.05, 3.63) is 71.6 Å². The van der Waals surface area contributed by atoms with Crippen molar-refractivity contribution in [2.45, 2.75) is 24.5 Å². The van der Waals surface area contributed by atoms with Gasteiger partial charge in [0, 0.05) is 28.9 Å². The van der Waals surface area contributed by atoms with Gasteiger partial charge in [-0.25, -0.2) is 23.5 Å². The summed E-state index contributed by atoms with van der Waals surface area (Å²) in [5, 5.41) is 10.4. The van der Waals surface area contributed by atoms with Crippen molar-refractivity contribution in [2.75, 3.05) is 11.4 Å². The predicted octanol–water partition coefficient (Wildman–Crippen LogP) is 2.82. The van der Waals surface area contributed by atoms with E-state index in [1.807, 2.05) is 6.07 Å². The van der Waals surface area contributed by atoms with Crippen LogP contribution >= 0.6 is 0 Å². The molecule has 168 valence electrons. The second-order valence-corrected chi connectivity index (χ2v) is 8.53. The number of benzene rings is 2. The second-order valence-electron chi connectivity index (χ2n) is 8.53. The summed E-state index contributed by atoms with van der Waals surface area (Å²) in [5.41, 5.74) is 0.300. The van der Waals surface area contributed by atoms with Gasteiger partial charge < -0.3 is 9.80 Å². The number of urea groups is 1. The van der Waals surface area contributed by atoms with Crippen LogP contribution in [0.15, 0.2) is 48.7 Å². The van der Waals surface area contributed by atoms with Crippen LogP contribution in [0.4, 0.5) is 19.3 Å². The topological polar surface area (TPSA) is 97.6 Å². The molecule has 3 aliphatic rings. The fourth-order valence-electron chi connectivity index (χ4n) is 5.40. The monoisotopic (exact) mass is 459 g/mol. The first-order valence-electron chi connectivity index (χ1n) is 10.6. The molecule has 3 fully saturated rings. The van der Waals surface area contributed by atoms with E-state index in [4.69, 9.17) is 0 Å². The van der Waals surface area contributed by atoms with Crippen LogP contribution in [0.25, 0.3) is 10.8 Å². The molecule has 4 amide bonds. The van der Waals surface area contributed by atoms with E-state index in [2.05, 4.69) is 4.98 Å². The van der Waals surface area contributed by atoms with Crippen LogP contribution in [-0.2, 0) is 4.79 Å². The van der Waals surface area contributed by atoms with E-state index in [1.165, 1.54) is 16.0 Å². The fraction of sp³-hybridized carbons (Fsp3) is 0.208. The SMILES string of the molecule is N#Cc1ncc(N2C(=O)C3C4C[C@H](CN4C(=O)c4cc(F)cc(F)c4)N3C2=O)c2ccccc12. The number of aromatic nitrogens is 1. The van der Waals surface area contributed by atoms with E-state index in [-0.39, 0.29) is 23.5 Å². The Morgan fingerprint density at radius 2 is 1.79 bits per heavy atom. The molecule has 3 saturated heterocycles. The Hall–Kier alpha value is -4.39. The molecule has 0 aliphatic carbocycles. The predicted molar refractivity (Wildman–Crippen MR) is 115 cm³/mol. The van der Waals surface area contributed by atoms with Crippen molar-refractivity contribution in [1.29, 1.82) is 5.26 Å². The van der Waals surface area contributed by atoms with Gasteiger partial charge in [-0.15, -0.1) is 0 Å². The fourth-order valence-corrected chi connectivity index (χ4v) is 5.40. The second kappa shape index (κ2) is 7.05. The third-order valence-electron chi connectivity index (χ3n) is 6.76. The van der Waals surface area contributed by atoms with Gasteiger partial charge in [-0.2, -0.15) is 5.26 Å². The lowest BCUT2D eigenvalue weighted by molar-refractivity contribution is -0.121. The van der Waals surface area contributed by atoms with Crippen molar-refractivity contribution in [3.8, 4) is 6.07 Å². The molecule has 3 atom stereocenters. The molecular formula is C24H15F2N5O3. The maximum Gasteiger partial charge on any atom is 0.332 e. The molecule has 0 saturated carbocycles. The first-order chi connectivity index (χ1) is 16.4.